The fraction of sp³-hybridized carbons (Fsp3) is 0.444. The van der Waals surface area contributed by atoms with E-state index in [4.69, 9.17) is 0 Å². The molecule has 1 heterocycles. The molecule has 1 saturated heterocycles. The Kier molecular flexibility index (Phi) is 2.47. The molecule has 0 atom stereocenters. The van der Waals surface area contributed by atoms with E-state index in [1.54, 1.807) is 0 Å². The molecule has 11 heavy (non-hydrogen) atoms. The summed E-state index contributed by atoms with van der Waals surface area (Å²) in [6.07, 6.45) is 4.60. The fourth-order valence-electron chi connectivity index (χ4n) is 1.23. The van der Waals surface area contributed by atoms with Crippen molar-refractivity contribution in [3.63, 3.8) is 0 Å². The van der Waals surface area contributed by atoms with Crippen molar-refractivity contribution in [3.05, 3.63) is 23.3 Å². The highest BCUT2D eigenvalue weighted by atomic mass is 16.1. The number of amides is 1. The number of hydrogen-bond donors (Lipinski definition) is 1. The van der Waals surface area contributed by atoms with Gasteiger partial charge in [-0.15, -0.1) is 0 Å². The van der Waals surface area contributed by atoms with Crippen molar-refractivity contribution in [1.82, 2.24) is 5.32 Å². The van der Waals surface area contributed by atoms with E-state index in [-0.39, 0.29) is 5.91 Å². The van der Waals surface area contributed by atoms with E-state index in [0.29, 0.717) is 13.0 Å². The summed E-state index contributed by atoms with van der Waals surface area (Å²) in [7, 11) is 0. The summed E-state index contributed by atoms with van der Waals surface area (Å²) < 4.78 is 0. The normalized spacial score (nSPS) is 25.8. The first-order chi connectivity index (χ1) is 5.27. The predicted molar refractivity (Wildman–Crippen MR) is 45.1 cm³/mol. The van der Waals surface area contributed by atoms with Crippen LogP contribution in [-0.2, 0) is 4.79 Å². The van der Waals surface area contributed by atoms with Crippen molar-refractivity contribution in [2.75, 3.05) is 6.54 Å². The van der Waals surface area contributed by atoms with Crippen LogP contribution in [-0.4, -0.2) is 12.5 Å². The molecule has 0 bridgehead atoms. The van der Waals surface area contributed by atoms with Crippen molar-refractivity contribution in [2.45, 2.75) is 20.3 Å². The van der Waals surface area contributed by atoms with Gasteiger partial charge < -0.3 is 5.32 Å². The van der Waals surface area contributed by atoms with E-state index in [9.17, 15) is 4.79 Å². The molecule has 1 fully saturated rings. The number of allylic oxidation sites excluding steroid dienone is 2. The maximum atomic E-state index is 10.9. The van der Waals surface area contributed by atoms with Crippen LogP contribution in [0.1, 0.15) is 20.3 Å². The lowest BCUT2D eigenvalue weighted by atomic mass is 9.99. The summed E-state index contributed by atoms with van der Waals surface area (Å²) in [5.41, 5.74) is 2.41. The molecular formula is C9H13NO. The Morgan fingerprint density at radius 1 is 1.27 bits per heavy atom. The average molecular weight is 151 g/mol. The molecule has 1 aliphatic rings. The minimum absolute atomic E-state index is 0.128. The van der Waals surface area contributed by atoms with Gasteiger partial charge in [-0.2, -0.15) is 0 Å². The Morgan fingerprint density at radius 3 is 2.45 bits per heavy atom. The molecule has 0 aromatic rings. The predicted octanol–water partition coefficient (Wildman–Crippen LogP) is 1.40. The number of hydrogen-bond acceptors (Lipinski definition) is 1. The van der Waals surface area contributed by atoms with Crippen LogP contribution in [0, 0.1) is 0 Å². The lowest BCUT2D eigenvalue weighted by Crippen LogP contribution is -2.31. The first-order valence-electron chi connectivity index (χ1n) is 3.85. The quantitative estimate of drug-likeness (QED) is 0.557. The van der Waals surface area contributed by atoms with E-state index in [2.05, 4.69) is 11.4 Å². The summed E-state index contributed by atoms with van der Waals surface area (Å²) in [5.74, 6) is 0.128. The number of carbonyl (C=O) groups is 1. The van der Waals surface area contributed by atoms with Crippen molar-refractivity contribution >= 4 is 5.91 Å². The van der Waals surface area contributed by atoms with Gasteiger partial charge in [0.05, 0.1) is 6.42 Å². The van der Waals surface area contributed by atoms with Crippen LogP contribution in [0.25, 0.3) is 0 Å². The molecule has 0 aromatic carbocycles. The van der Waals surface area contributed by atoms with Gasteiger partial charge in [0.1, 0.15) is 0 Å². The van der Waals surface area contributed by atoms with Gasteiger partial charge in [0.25, 0.3) is 0 Å². The van der Waals surface area contributed by atoms with Gasteiger partial charge in [-0.25, -0.2) is 0 Å². The Hall–Kier alpha value is -1.05. The van der Waals surface area contributed by atoms with E-state index >= 15 is 0 Å². The molecule has 0 radical (unpaired) electrons. The number of carbonyl (C=O) groups excluding carboxylic acids is 1. The first-order valence-corrected chi connectivity index (χ1v) is 3.85. The molecule has 0 aliphatic carbocycles. The van der Waals surface area contributed by atoms with E-state index in [0.717, 1.165) is 5.57 Å². The Balaban J connectivity index is 2.79. The maximum absolute atomic E-state index is 10.9. The standard InChI is InChI=1S/C9H13NO/c1-3-7-5-9(11)10-6-8(7)4-2/h3-4H,5-6H2,1-2H3,(H,10,11)/b7-3-,8-4-. The second-order valence-corrected chi connectivity index (χ2v) is 2.58. The fourth-order valence-corrected chi connectivity index (χ4v) is 1.23. The molecule has 1 rings (SSSR count). The number of rotatable bonds is 0. The second kappa shape index (κ2) is 3.37. The van der Waals surface area contributed by atoms with Gasteiger partial charge in [0.2, 0.25) is 5.91 Å². The molecule has 0 aromatic heterocycles. The van der Waals surface area contributed by atoms with Gasteiger partial charge >= 0.3 is 0 Å². The van der Waals surface area contributed by atoms with Gasteiger partial charge in [-0.1, -0.05) is 12.2 Å². The van der Waals surface area contributed by atoms with E-state index < -0.39 is 0 Å². The van der Waals surface area contributed by atoms with E-state index in [1.165, 1.54) is 5.57 Å². The van der Waals surface area contributed by atoms with Crippen molar-refractivity contribution < 1.29 is 4.79 Å². The third-order valence-corrected chi connectivity index (χ3v) is 1.94. The Labute approximate surface area is 67.0 Å². The van der Waals surface area contributed by atoms with Crippen LogP contribution < -0.4 is 5.32 Å². The highest BCUT2D eigenvalue weighted by molar-refractivity contribution is 5.82. The van der Waals surface area contributed by atoms with Crippen LogP contribution in [0.4, 0.5) is 0 Å². The van der Waals surface area contributed by atoms with Gasteiger partial charge in [0.15, 0.2) is 0 Å². The monoisotopic (exact) mass is 151 g/mol. The molecule has 60 valence electrons. The summed E-state index contributed by atoms with van der Waals surface area (Å²) in [5, 5.41) is 2.80. The SMILES string of the molecule is C/C=C1/CC(=O)NC/C1=C/C. The maximum Gasteiger partial charge on any atom is 0.224 e. The third-order valence-electron chi connectivity index (χ3n) is 1.94. The zero-order valence-electron chi connectivity index (χ0n) is 6.98. The Bertz CT molecular complexity index is 226. The highest BCUT2D eigenvalue weighted by Crippen LogP contribution is 2.16. The second-order valence-electron chi connectivity index (χ2n) is 2.58. The Morgan fingerprint density at radius 2 is 1.91 bits per heavy atom. The minimum Gasteiger partial charge on any atom is -0.352 e. The molecule has 2 nitrogen and oxygen atoms in total. The lowest BCUT2D eigenvalue weighted by molar-refractivity contribution is -0.120. The molecular weight excluding hydrogens is 138 g/mol. The molecule has 0 spiro atoms. The molecule has 1 amide bonds. The minimum atomic E-state index is 0.128. The van der Waals surface area contributed by atoms with Crippen LogP contribution in [0.15, 0.2) is 23.3 Å². The third kappa shape index (κ3) is 1.70. The zero-order chi connectivity index (χ0) is 8.27. The molecule has 1 N–H and O–H groups in total. The summed E-state index contributed by atoms with van der Waals surface area (Å²) >= 11 is 0. The number of nitrogens with one attached hydrogen (secondary N) is 1. The van der Waals surface area contributed by atoms with Crippen LogP contribution in [0.5, 0.6) is 0 Å². The van der Waals surface area contributed by atoms with Crippen molar-refractivity contribution in [2.24, 2.45) is 0 Å². The molecule has 0 unspecified atom stereocenters. The molecule has 1 aliphatic heterocycles. The molecule has 2 heteroatoms. The smallest absolute Gasteiger partial charge is 0.224 e. The summed E-state index contributed by atoms with van der Waals surface area (Å²) in [4.78, 5) is 10.9. The number of piperidine rings is 1. The van der Waals surface area contributed by atoms with Crippen LogP contribution in [0.3, 0.4) is 0 Å². The summed E-state index contributed by atoms with van der Waals surface area (Å²) in [6, 6.07) is 0. The van der Waals surface area contributed by atoms with Crippen LogP contribution in [0.2, 0.25) is 0 Å². The topological polar surface area (TPSA) is 29.1 Å². The van der Waals surface area contributed by atoms with Crippen LogP contribution >= 0.6 is 0 Å². The zero-order valence-corrected chi connectivity index (χ0v) is 6.98. The summed E-state index contributed by atoms with van der Waals surface area (Å²) in [6.45, 7) is 4.66. The van der Waals surface area contributed by atoms with Crippen molar-refractivity contribution in [1.29, 1.82) is 0 Å². The van der Waals surface area contributed by atoms with Crippen molar-refractivity contribution in [3.8, 4) is 0 Å². The molecule has 0 saturated carbocycles. The van der Waals surface area contributed by atoms with Gasteiger partial charge in [0, 0.05) is 6.54 Å². The lowest BCUT2D eigenvalue weighted by Gasteiger charge is -2.18. The van der Waals surface area contributed by atoms with Gasteiger partial charge in [-0.05, 0) is 25.0 Å². The first kappa shape index (κ1) is 8.05. The highest BCUT2D eigenvalue weighted by Gasteiger charge is 2.14. The van der Waals surface area contributed by atoms with E-state index in [1.807, 2.05) is 19.9 Å². The van der Waals surface area contributed by atoms with Gasteiger partial charge in [-0.3, -0.25) is 4.79 Å². The average Bonchev–Trinajstić information content (AvgIpc) is 2.04. The largest absolute Gasteiger partial charge is 0.352 e.